The van der Waals surface area contributed by atoms with Crippen LogP contribution in [0.3, 0.4) is 0 Å². The first kappa shape index (κ1) is 21.9. The highest BCUT2D eigenvalue weighted by Gasteiger charge is 2.31. The Balaban J connectivity index is 1.58. The fourth-order valence-electron chi connectivity index (χ4n) is 4.22. The zero-order valence-corrected chi connectivity index (χ0v) is 18.0. The minimum atomic E-state index is -4.77. The molecule has 0 saturated carbocycles. The molecule has 170 valence electrons. The Hall–Kier alpha value is -3.30. The summed E-state index contributed by atoms with van der Waals surface area (Å²) < 4.78 is 42.1. The van der Waals surface area contributed by atoms with Crippen LogP contribution in [0.1, 0.15) is 26.0 Å². The van der Waals surface area contributed by atoms with Gasteiger partial charge in [-0.1, -0.05) is 13.8 Å². The monoisotopic (exact) mass is 447 g/mol. The van der Waals surface area contributed by atoms with E-state index in [2.05, 4.69) is 38.6 Å². The van der Waals surface area contributed by atoms with Crippen molar-refractivity contribution in [1.82, 2.24) is 19.7 Å². The molecule has 0 amide bonds. The largest absolute Gasteiger partial charge is 0.573 e. The van der Waals surface area contributed by atoms with Gasteiger partial charge in [-0.3, -0.25) is 9.89 Å². The van der Waals surface area contributed by atoms with Gasteiger partial charge >= 0.3 is 6.36 Å². The molecule has 2 atom stereocenters. The van der Waals surface area contributed by atoms with E-state index >= 15 is 0 Å². The first-order valence-corrected chi connectivity index (χ1v) is 10.4. The van der Waals surface area contributed by atoms with Crippen molar-refractivity contribution < 1.29 is 17.9 Å². The molecule has 0 bridgehead atoms. The summed E-state index contributed by atoms with van der Waals surface area (Å²) in [5.74, 6) is 1.45. The van der Waals surface area contributed by atoms with Crippen LogP contribution in [0.4, 0.5) is 19.1 Å². The lowest BCUT2D eigenvalue weighted by atomic mass is 9.92. The van der Waals surface area contributed by atoms with E-state index in [0.29, 0.717) is 34.7 Å². The average Bonchev–Trinajstić information content (AvgIpc) is 3.08. The van der Waals surface area contributed by atoms with Gasteiger partial charge in [0.2, 0.25) is 5.95 Å². The highest BCUT2D eigenvalue weighted by atomic mass is 19.4. The first-order chi connectivity index (χ1) is 15.1. The van der Waals surface area contributed by atoms with Gasteiger partial charge in [0.25, 0.3) is 5.56 Å². The number of aryl methyl sites for hydroxylation is 1. The van der Waals surface area contributed by atoms with Crippen molar-refractivity contribution in [2.24, 2.45) is 11.8 Å². The van der Waals surface area contributed by atoms with Crippen molar-refractivity contribution in [1.29, 1.82) is 0 Å². The summed E-state index contributed by atoms with van der Waals surface area (Å²) in [6, 6.07) is 6.46. The number of nitrogens with one attached hydrogen (secondary N) is 1. The van der Waals surface area contributed by atoms with Gasteiger partial charge in [0.1, 0.15) is 5.75 Å². The van der Waals surface area contributed by atoms with Gasteiger partial charge in [-0.2, -0.15) is 0 Å². The second kappa shape index (κ2) is 8.33. The van der Waals surface area contributed by atoms with Gasteiger partial charge in [-0.15, -0.1) is 13.2 Å². The van der Waals surface area contributed by atoms with Gasteiger partial charge in [0.15, 0.2) is 0 Å². The summed E-state index contributed by atoms with van der Waals surface area (Å²) in [4.78, 5) is 23.9. The zero-order valence-electron chi connectivity index (χ0n) is 18.0. The van der Waals surface area contributed by atoms with Crippen LogP contribution in [0.25, 0.3) is 16.9 Å². The molecule has 0 radical (unpaired) electrons. The molecule has 1 fully saturated rings. The number of aromatic amines is 1. The highest BCUT2D eigenvalue weighted by molar-refractivity contribution is 5.61. The van der Waals surface area contributed by atoms with Crippen molar-refractivity contribution in [3.63, 3.8) is 0 Å². The molecule has 32 heavy (non-hydrogen) atoms. The van der Waals surface area contributed by atoms with Crippen LogP contribution in [-0.4, -0.2) is 39.2 Å². The number of piperidine rings is 1. The number of hydrogen-bond acceptors (Lipinski definition) is 5. The van der Waals surface area contributed by atoms with Crippen LogP contribution in [0, 0.1) is 18.8 Å². The molecular weight excluding hydrogens is 423 g/mol. The van der Waals surface area contributed by atoms with Crippen LogP contribution >= 0.6 is 0 Å². The fourth-order valence-corrected chi connectivity index (χ4v) is 4.22. The smallest absolute Gasteiger partial charge is 0.406 e. The van der Waals surface area contributed by atoms with E-state index < -0.39 is 6.36 Å². The number of halogens is 3. The van der Waals surface area contributed by atoms with Gasteiger partial charge in [-0.25, -0.2) is 14.6 Å². The molecular formula is C22H24F3N5O2. The topological polar surface area (TPSA) is 76.0 Å². The SMILES string of the molecule is Cc1nc(N2CC(C)CC(C)C2)ncc1-c1cc(=O)n(-c2ccc(OC(F)(F)F)cc2)[nH]1. The summed E-state index contributed by atoms with van der Waals surface area (Å²) in [6.45, 7) is 8.11. The lowest BCUT2D eigenvalue weighted by molar-refractivity contribution is -0.274. The third-order valence-electron chi connectivity index (χ3n) is 5.46. The summed E-state index contributed by atoms with van der Waals surface area (Å²) in [5.41, 5.74) is 1.95. The number of hydrogen-bond donors (Lipinski definition) is 1. The molecule has 7 nitrogen and oxygen atoms in total. The second-order valence-electron chi connectivity index (χ2n) is 8.41. The molecule has 10 heteroatoms. The molecule has 1 saturated heterocycles. The van der Waals surface area contributed by atoms with Crippen molar-refractivity contribution >= 4 is 5.95 Å². The molecule has 1 aliphatic rings. The lowest BCUT2D eigenvalue weighted by Gasteiger charge is -2.35. The van der Waals surface area contributed by atoms with E-state index in [-0.39, 0.29) is 11.3 Å². The van der Waals surface area contributed by atoms with Crippen LogP contribution in [0.2, 0.25) is 0 Å². The summed E-state index contributed by atoms with van der Waals surface area (Å²) in [6.07, 6.45) is -1.89. The molecule has 0 spiro atoms. The van der Waals surface area contributed by atoms with E-state index in [1.54, 1.807) is 6.20 Å². The van der Waals surface area contributed by atoms with Gasteiger partial charge in [-0.05, 0) is 49.4 Å². The number of aromatic nitrogens is 4. The van der Waals surface area contributed by atoms with Crippen LogP contribution in [-0.2, 0) is 0 Å². The maximum absolute atomic E-state index is 12.5. The first-order valence-electron chi connectivity index (χ1n) is 10.4. The van der Waals surface area contributed by atoms with E-state index in [4.69, 9.17) is 0 Å². The Bertz CT molecular complexity index is 1140. The Morgan fingerprint density at radius 1 is 1.12 bits per heavy atom. The Morgan fingerprint density at radius 2 is 1.78 bits per heavy atom. The third-order valence-corrected chi connectivity index (χ3v) is 5.46. The van der Waals surface area contributed by atoms with Crippen molar-refractivity contribution in [3.8, 4) is 22.7 Å². The second-order valence-corrected chi connectivity index (χ2v) is 8.41. The molecule has 3 heterocycles. The van der Waals surface area contributed by atoms with E-state index in [9.17, 15) is 18.0 Å². The predicted molar refractivity (Wildman–Crippen MR) is 114 cm³/mol. The molecule has 1 aliphatic heterocycles. The summed E-state index contributed by atoms with van der Waals surface area (Å²) >= 11 is 0. The van der Waals surface area contributed by atoms with E-state index in [1.807, 2.05) is 6.92 Å². The number of nitrogens with zero attached hydrogens (tertiary/aromatic N) is 4. The number of rotatable bonds is 4. The quantitative estimate of drug-likeness (QED) is 0.645. The predicted octanol–water partition coefficient (Wildman–Crippen LogP) is 4.31. The van der Waals surface area contributed by atoms with Crippen molar-refractivity contribution in [3.05, 3.63) is 52.6 Å². The minimum absolute atomic E-state index is 0.355. The van der Waals surface area contributed by atoms with Crippen LogP contribution < -0.4 is 15.2 Å². The van der Waals surface area contributed by atoms with Gasteiger partial charge < -0.3 is 9.64 Å². The number of H-pyrrole nitrogens is 1. The average molecular weight is 447 g/mol. The Kier molecular flexibility index (Phi) is 5.70. The van der Waals surface area contributed by atoms with Crippen LogP contribution in [0.15, 0.2) is 41.3 Å². The molecule has 4 rings (SSSR count). The van der Waals surface area contributed by atoms with Gasteiger partial charge in [0, 0.05) is 30.9 Å². The molecule has 3 aromatic rings. The van der Waals surface area contributed by atoms with Crippen molar-refractivity contribution in [2.75, 3.05) is 18.0 Å². The molecule has 2 aromatic heterocycles. The number of anilines is 1. The minimum Gasteiger partial charge on any atom is -0.406 e. The number of benzene rings is 1. The number of alkyl halides is 3. The Morgan fingerprint density at radius 3 is 2.38 bits per heavy atom. The lowest BCUT2D eigenvalue weighted by Crippen LogP contribution is -2.39. The number of ether oxygens (including phenoxy) is 1. The molecule has 1 N–H and O–H groups in total. The fraction of sp³-hybridized carbons (Fsp3) is 0.409. The van der Waals surface area contributed by atoms with E-state index in [1.165, 1.54) is 29.3 Å². The van der Waals surface area contributed by atoms with Crippen LogP contribution in [0.5, 0.6) is 5.75 Å². The summed E-state index contributed by atoms with van der Waals surface area (Å²) in [5, 5.41) is 2.98. The zero-order chi connectivity index (χ0) is 23.0. The maximum Gasteiger partial charge on any atom is 0.573 e. The maximum atomic E-state index is 12.5. The molecule has 2 unspecified atom stereocenters. The molecule has 1 aromatic carbocycles. The summed E-state index contributed by atoms with van der Waals surface area (Å²) in [7, 11) is 0. The standard InChI is InChI=1S/C22H24F3N5O2/c1-13-8-14(2)12-29(11-13)21-26-10-18(15(3)27-21)19-9-20(31)30(28-19)16-4-6-17(7-5-16)32-22(23,24)25/h4-7,9-10,13-14,28H,8,11-12H2,1-3H3. The third kappa shape index (κ3) is 4.79. The van der Waals surface area contributed by atoms with Gasteiger partial charge in [0.05, 0.1) is 17.1 Å². The molecule has 0 aliphatic carbocycles. The van der Waals surface area contributed by atoms with E-state index in [0.717, 1.165) is 30.9 Å². The highest BCUT2D eigenvalue weighted by Crippen LogP contribution is 2.27. The Labute approximate surface area is 182 Å². The van der Waals surface area contributed by atoms with Crippen molar-refractivity contribution in [2.45, 2.75) is 33.6 Å². The normalized spacial score (nSPS) is 19.2.